The molecule has 100 heavy (non-hydrogen) atoms. The normalized spacial score (nSPS) is 14.4. The van der Waals surface area contributed by atoms with Crippen molar-refractivity contribution in [3.05, 3.63) is 0 Å². The van der Waals surface area contributed by atoms with E-state index in [1.54, 1.807) is 0 Å². The molecular weight excluding hydrogens is 1310 g/mol. The molecule has 0 aromatic rings. The molecule has 0 aromatic heterocycles. The van der Waals surface area contributed by atoms with Gasteiger partial charge in [-0.1, -0.05) is 375 Å². The van der Waals surface area contributed by atoms with Crippen molar-refractivity contribution in [3.8, 4) is 0 Å². The minimum absolute atomic E-state index is 0.105. The lowest BCUT2D eigenvalue weighted by molar-refractivity contribution is -0.161. The van der Waals surface area contributed by atoms with Crippen molar-refractivity contribution < 1.29 is 80.2 Å². The average Bonchev–Trinajstić information content (AvgIpc) is 0.982. The Morgan fingerprint density at radius 3 is 0.710 bits per heavy atom. The Labute approximate surface area is 613 Å². The first kappa shape index (κ1) is 98.1. The lowest BCUT2D eigenvalue weighted by Crippen LogP contribution is -2.30. The van der Waals surface area contributed by atoms with Gasteiger partial charge in [-0.2, -0.15) is 0 Å². The smallest absolute Gasteiger partial charge is 0.462 e. The van der Waals surface area contributed by atoms with Gasteiger partial charge in [-0.05, 0) is 37.5 Å². The molecule has 3 N–H and O–H groups in total. The molecule has 0 saturated heterocycles. The van der Waals surface area contributed by atoms with E-state index in [-0.39, 0.29) is 25.7 Å². The van der Waals surface area contributed by atoms with Crippen molar-refractivity contribution in [2.75, 3.05) is 39.6 Å². The number of esters is 4. The van der Waals surface area contributed by atoms with Crippen LogP contribution in [0.3, 0.4) is 0 Å². The predicted molar refractivity (Wildman–Crippen MR) is 409 cm³/mol. The second-order valence-electron chi connectivity index (χ2n) is 29.6. The molecule has 0 aliphatic rings. The van der Waals surface area contributed by atoms with E-state index in [0.29, 0.717) is 25.7 Å². The van der Waals surface area contributed by atoms with Crippen molar-refractivity contribution in [2.45, 2.75) is 445 Å². The molecule has 7 atom stereocenters. The summed E-state index contributed by atoms with van der Waals surface area (Å²) in [7, 11) is -9.91. The summed E-state index contributed by atoms with van der Waals surface area (Å²) in [6.45, 7) is 9.66. The maximum absolute atomic E-state index is 13.1. The van der Waals surface area contributed by atoms with Crippen molar-refractivity contribution in [2.24, 2.45) is 11.8 Å². The molecule has 4 unspecified atom stereocenters. The third-order valence-electron chi connectivity index (χ3n) is 19.7. The number of hydrogen-bond acceptors (Lipinski definition) is 15. The fraction of sp³-hybridized carbons (Fsp3) is 0.951. The summed E-state index contributed by atoms with van der Waals surface area (Å²) < 4.78 is 68.6. The van der Waals surface area contributed by atoms with Gasteiger partial charge in [0.15, 0.2) is 12.2 Å². The molecule has 0 spiro atoms. The summed E-state index contributed by atoms with van der Waals surface area (Å²) in [6.07, 6.45) is 62.5. The number of rotatable bonds is 80. The fourth-order valence-corrected chi connectivity index (χ4v) is 14.1. The van der Waals surface area contributed by atoms with Crippen molar-refractivity contribution >= 4 is 39.5 Å². The molecule has 0 amide bonds. The van der Waals surface area contributed by atoms with E-state index in [2.05, 4.69) is 41.5 Å². The van der Waals surface area contributed by atoms with Crippen LogP contribution in [-0.4, -0.2) is 96.7 Å². The molecule has 0 aliphatic carbocycles. The van der Waals surface area contributed by atoms with Crippen LogP contribution in [0.2, 0.25) is 0 Å². The lowest BCUT2D eigenvalue weighted by Gasteiger charge is -2.21. The summed E-state index contributed by atoms with van der Waals surface area (Å²) in [5.74, 6) is -0.473. The van der Waals surface area contributed by atoms with Crippen LogP contribution < -0.4 is 0 Å². The standard InChI is InChI=1S/C81H158O17P2/c1-7-11-13-15-17-19-20-21-22-23-27-30-33-36-39-46-52-58-64-79(84)92-70-77(97-80(85)65-59-53-47-40-37-34-31-28-25-24-26-29-32-35-38-43-49-55-61-73(5)9-3)72-96-100(89,90)94-68-75(82)67-93-99(87,88)95-71-76(69-91-78(83)63-57-51-45-18-16-14-12-8-2)98-81(86)66-60-54-48-42-41-44-50-56-62-74(6)10-4/h73-77,82H,7-72H2,1-6H3,(H,87,88)(H,89,90)/t73?,74?,75-,76+,77+/m0/s1. The fourth-order valence-electron chi connectivity index (χ4n) is 12.5. The number of aliphatic hydroxyl groups is 1. The molecule has 0 rings (SSSR count). The van der Waals surface area contributed by atoms with Gasteiger partial charge < -0.3 is 33.8 Å². The molecule has 0 fully saturated rings. The second kappa shape index (κ2) is 72.6. The molecule has 0 saturated carbocycles. The first-order valence-electron chi connectivity index (χ1n) is 42.1. The summed E-state index contributed by atoms with van der Waals surface area (Å²) in [5.41, 5.74) is 0. The topological polar surface area (TPSA) is 237 Å². The number of carbonyl (C=O) groups excluding carboxylic acids is 4. The number of unbranched alkanes of at least 4 members (excludes halogenated alkanes) is 48. The third-order valence-corrected chi connectivity index (χ3v) is 21.6. The molecule has 0 aliphatic heterocycles. The van der Waals surface area contributed by atoms with Gasteiger partial charge in [0.05, 0.1) is 26.4 Å². The van der Waals surface area contributed by atoms with Crippen LogP contribution in [0.5, 0.6) is 0 Å². The Kier molecular flexibility index (Phi) is 71.2. The quantitative estimate of drug-likeness (QED) is 0.0222. The minimum Gasteiger partial charge on any atom is -0.462 e. The molecule has 19 heteroatoms. The van der Waals surface area contributed by atoms with Crippen LogP contribution in [0.25, 0.3) is 0 Å². The van der Waals surface area contributed by atoms with Crippen molar-refractivity contribution in [1.82, 2.24) is 0 Å². The van der Waals surface area contributed by atoms with E-state index < -0.39 is 97.5 Å². The van der Waals surface area contributed by atoms with E-state index in [4.69, 9.17) is 37.0 Å². The molecule has 0 aromatic carbocycles. The van der Waals surface area contributed by atoms with E-state index in [1.165, 1.54) is 238 Å². The van der Waals surface area contributed by atoms with Gasteiger partial charge in [0.1, 0.15) is 19.3 Å². The highest BCUT2D eigenvalue weighted by Crippen LogP contribution is 2.45. The summed E-state index contributed by atoms with van der Waals surface area (Å²) in [6, 6.07) is 0. The Bertz CT molecular complexity index is 1930. The van der Waals surface area contributed by atoms with Gasteiger partial charge in [0, 0.05) is 25.7 Å². The zero-order chi connectivity index (χ0) is 73.5. The minimum atomic E-state index is -4.96. The van der Waals surface area contributed by atoms with Crippen LogP contribution in [0.15, 0.2) is 0 Å². The summed E-state index contributed by atoms with van der Waals surface area (Å²) in [5, 5.41) is 10.6. The first-order valence-corrected chi connectivity index (χ1v) is 45.1. The van der Waals surface area contributed by atoms with Gasteiger partial charge in [-0.25, -0.2) is 9.13 Å². The number of phosphoric acid groups is 2. The average molecular weight is 1470 g/mol. The Hall–Kier alpha value is -1.94. The number of ether oxygens (including phenoxy) is 4. The monoisotopic (exact) mass is 1470 g/mol. The number of phosphoric ester groups is 2. The maximum Gasteiger partial charge on any atom is 0.472 e. The maximum atomic E-state index is 13.1. The van der Waals surface area contributed by atoms with Crippen molar-refractivity contribution in [3.63, 3.8) is 0 Å². The van der Waals surface area contributed by atoms with E-state index >= 15 is 0 Å². The lowest BCUT2D eigenvalue weighted by atomic mass is 9.99. The summed E-state index contributed by atoms with van der Waals surface area (Å²) >= 11 is 0. The van der Waals surface area contributed by atoms with Gasteiger partial charge in [-0.15, -0.1) is 0 Å². The highest BCUT2D eigenvalue weighted by Gasteiger charge is 2.30. The number of carbonyl (C=O) groups is 4. The molecule has 594 valence electrons. The van der Waals surface area contributed by atoms with Gasteiger partial charge in [0.25, 0.3) is 0 Å². The Morgan fingerprint density at radius 2 is 0.480 bits per heavy atom. The van der Waals surface area contributed by atoms with E-state index in [9.17, 15) is 43.2 Å². The zero-order valence-electron chi connectivity index (χ0n) is 65.5. The second-order valence-corrected chi connectivity index (χ2v) is 32.6. The van der Waals surface area contributed by atoms with Crippen LogP contribution >= 0.6 is 15.6 Å². The highest BCUT2D eigenvalue weighted by molar-refractivity contribution is 7.47. The van der Waals surface area contributed by atoms with Crippen LogP contribution in [0.1, 0.15) is 427 Å². The van der Waals surface area contributed by atoms with Gasteiger partial charge >= 0.3 is 39.5 Å². The van der Waals surface area contributed by atoms with Gasteiger partial charge in [0.2, 0.25) is 0 Å². The van der Waals surface area contributed by atoms with Crippen LogP contribution in [0, 0.1) is 11.8 Å². The molecular formula is C81H158O17P2. The Morgan fingerprint density at radius 1 is 0.280 bits per heavy atom. The van der Waals surface area contributed by atoms with Crippen molar-refractivity contribution in [1.29, 1.82) is 0 Å². The molecule has 0 radical (unpaired) electrons. The van der Waals surface area contributed by atoms with Gasteiger partial charge in [-0.3, -0.25) is 37.3 Å². The molecule has 0 bridgehead atoms. The zero-order valence-corrected chi connectivity index (χ0v) is 67.3. The predicted octanol–water partition coefficient (Wildman–Crippen LogP) is 24.3. The molecule has 0 heterocycles. The largest absolute Gasteiger partial charge is 0.472 e. The summed E-state index contributed by atoms with van der Waals surface area (Å²) in [4.78, 5) is 72.9. The first-order chi connectivity index (χ1) is 48.4. The Balaban J connectivity index is 5.18. The van der Waals surface area contributed by atoms with E-state index in [1.807, 2.05) is 0 Å². The van der Waals surface area contributed by atoms with Crippen LogP contribution in [-0.2, 0) is 65.4 Å². The molecule has 17 nitrogen and oxygen atoms in total. The third kappa shape index (κ3) is 71.7. The number of aliphatic hydroxyl groups excluding tert-OH is 1. The highest BCUT2D eigenvalue weighted by atomic mass is 31.2. The number of hydrogen-bond donors (Lipinski definition) is 3. The van der Waals surface area contributed by atoms with E-state index in [0.717, 1.165) is 108 Å². The van der Waals surface area contributed by atoms with Crippen LogP contribution in [0.4, 0.5) is 0 Å². The SMILES string of the molecule is CCCCCCCCCCCCCCCCCCCCC(=O)OC[C@H](COP(=O)(O)OC[C@@H](O)COP(=O)(O)OC[C@@H](COC(=O)CCCCCCCCCC)OC(=O)CCCCCCCCCCC(C)CC)OC(=O)CCCCCCCCCCCCCCCCCCCCC(C)CC.